The fourth-order valence-corrected chi connectivity index (χ4v) is 1.68. The first-order valence-electron chi connectivity index (χ1n) is 4.57. The molecule has 1 aromatic carbocycles. The molecule has 0 aromatic heterocycles. The maximum Gasteiger partial charge on any atom is 0.151 e. The van der Waals surface area contributed by atoms with Crippen LogP contribution in [0.4, 0.5) is 0 Å². The highest BCUT2D eigenvalue weighted by molar-refractivity contribution is 7.98. The van der Waals surface area contributed by atoms with Crippen LogP contribution in [0.5, 0.6) is 5.75 Å². The van der Waals surface area contributed by atoms with Gasteiger partial charge in [0.05, 0.1) is 6.61 Å². The smallest absolute Gasteiger partial charge is 0.151 e. The molecule has 0 fully saturated rings. The number of carbonyl (C=O) groups is 1. The molecule has 0 atom stereocenters. The van der Waals surface area contributed by atoms with Crippen LogP contribution in [-0.2, 0) is 0 Å². The van der Waals surface area contributed by atoms with Crippen molar-refractivity contribution in [2.75, 3.05) is 12.9 Å². The zero-order chi connectivity index (χ0) is 10.4. The first kappa shape index (κ1) is 11.1. The Hall–Kier alpha value is -0.960. The lowest BCUT2D eigenvalue weighted by Crippen LogP contribution is -1.95. The highest BCUT2D eigenvalue weighted by atomic mass is 32.2. The van der Waals surface area contributed by atoms with Crippen LogP contribution in [0.15, 0.2) is 23.1 Å². The number of rotatable bonds is 5. The molecule has 0 aliphatic carbocycles. The number of aldehydes is 1. The second-order valence-electron chi connectivity index (χ2n) is 2.87. The third kappa shape index (κ3) is 2.77. The van der Waals surface area contributed by atoms with Crippen LogP contribution in [0.1, 0.15) is 23.7 Å². The molecule has 0 saturated carbocycles. The van der Waals surface area contributed by atoms with Gasteiger partial charge in [0.25, 0.3) is 0 Å². The molecule has 0 aliphatic heterocycles. The van der Waals surface area contributed by atoms with Crippen LogP contribution in [-0.4, -0.2) is 19.1 Å². The lowest BCUT2D eigenvalue weighted by molar-refractivity contribution is 0.112. The van der Waals surface area contributed by atoms with E-state index < -0.39 is 0 Å². The van der Waals surface area contributed by atoms with Gasteiger partial charge in [-0.25, -0.2) is 0 Å². The van der Waals surface area contributed by atoms with Crippen molar-refractivity contribution < 1.29 is 9.53 Å². The van der Waals surface area contributed by atoms with Gasteiger partial charge < -0.3 is 4.74 Å². The fourth-order valence-electron chi connectivity index (χ4n) is 1.10. The second kappa shape index (κ2) is 5.70. The topological polar surface area (TPSA) is 26.3 Å². The quantitative estimate of drug-likeness (QED) is 0.552. The summed E-state index contributed by atoms with van der Waals surface area (Å²) in [7, 11) is 0. The van der Waals surface area contributed by atoms with E-state index in [0.29, 0.717) is 6.61 Å². The summed E-state index contributed by atoms with van der Waals surface area (Å²) < 4.78 is 5.47. The van der Waals surface area contributed by atoms with Crippen molar-refractivity contribution in [1.82, 2.24) is 0 Å². The van der Waals surface area contributed by atoms with Crippen molar-refractivity contribution >= 4 is 18.0 Å². The van der Waals surface area contributed by atoms with E-state index in [-0.39, 0.29) is 0 Å². The zero-order valence-corrected chi connectivity index (χ0v) is 9.26. The first-order valence-corrected chi connectivity index (χ1v) is 5.80. The molecule has 0 spiro atoms. The molecule has 0 aliphatic rings. The second-order valence-corrected chi connectivity index (χ2v) is 3.72. The Morgan fingerprint density at radius 3 is 2.86 bits per heavy atom. The Morgan fingerprint density at radius 2 is 2.29 bits per heavy atom. The van der Waals surface area contributed by atoms with Crippen LogP contribution in [0.25, 0.3) is 0 Å². The van der Waals surface area contributed by atoms with Crippen LogP contribution in [0, 0.1) is 0 Å². The van der Waals surface area contributed by atoms with E-state index in [1.54, 1.807) is 17.8 Å². The molecule has 0 heterocycles. The van der Waals surface area contributed by atoms with E-state index in [0.717, 1.165) is 28.9 Å². The lowest BCUT2D eigenvalue weighted by atomic mass is 10.2. The van der Waals surface area contributed by atoms with Crippen LogP contribution < -0.4 is 4.74 Å². The summed E-state index contributed by atoms with van der Waals surface area (Å²) in [6, 6.07) is 5.53. The standard InChI is InChI=1S/C11H14O2S/c1-3-6-13-10-5-4-9(8-12)11(7-10)14-2/h4-5,7-8H,3,6H2,1-2H3. The van der Waals surface area contributed by atoms with E-state index in [1.807, 2.05) is 18.4 Å². The maximum atomic E-state index is 10.7. The average molecular weight is 210 g/mol. The van der Waals surface area contributed by atoms with Gasteiger partial charge in [0.2, 0.25) is 0 Å². The van der Waals surface area contributed by atoms with Gasteiger partial charge in [-0.2, -0.15) is 0 Å². The van der Waals surface area contributed by atoms with Gasteiger partial charge in [-0.05, 0) is 30.9 Å². The minimum absolute atomic E-state index is 0.717. The number of carbonyl (C=O) groups excluding carboxylic acids is 1. The van der Waals surface area contributed by atoms with Crippen molar-refractivity contribution in [3.63, 3.8) is 0 Å². The molecule has 0 N–H and O–H groups in total. The molecular formula is C11H14O2S. The molecule has 0 saturated heterocycles. The molecular weight excluding hydrogens is 196 g/mol. The number of hydrogen-bond donors (Lipinski definition) is 0. The minimum atomic E-state index is 0.717. The molecule has 0 unspecified atom stereocenters. The Labute approximate surface area is 88.7 Å². The molecule has 1 aromatic rings. The predicted molar refractivity (Wildman–Crippen MR) is 59.4 cm³/mol. The van der Waals surface area contributed by atoms with Gasteiger partial charge >= 0.3 is 0 Å². The minimum Gasteiger partial charge on any atom is -0.494 e. The van der Waals surface area contributed by atoms with Crippen molar-refractivity contribution in [1.29, 1.82) is 0 Å². The largest absolute Gasteiger partial charge is 0.494 e. The van der Waals surface area contributed by atoms with Gasteiger partial charge in [-0.1, -0.05) is 6.92 Å². The SMILES string of the molecule is CCCOc1ccc(C=O)c(SC)c1. The van der Waals surface area contributed by atoms with E-state index in [9.17, 15) is 4.79 Å². The zero-order valence-electron chi connectivity index (χ0n) is 8.45. The van der Waals surface area contributed by atoms with Gasteiger partial charge in [0, 0.05) is 10.5 Å². The first-order chi connectivity index (χ1) is 6.81. The normalized spacial score (nSPS) is 9.86. The summed E-state index contributed by atoms with van der Waals surface area (Å²) in [6.45, 7) is 2.78. The van der Waals surface area contributed by atoms with Crippen molar-refractivity contribution in [2.45, 2.75) is 18.2 Å². The summed E-state index contributed by atoms with van der Waals surface area (Å²) in [5.74, 6) is 0.835. The molecule has 1 rings (SSSR count). The third-order valence-corrected chi connectivity index (χ3v) is 2.60. The Kier molecular flexibility index (Phi) is 4.53. The third-order valence-electron chi connectivity index (χ3n) is 1.80. The van der Waals surface area contributed by atoms with Gasteiger partial charge in [0.15, 0.2) is 6.29 Å². The van der Waals surface area contributed by atoms with E-state index in [2.05, 4.69) is 6.92 Å². The molecule has 14 heavy (non-hydrogen) atoms. The van der Waals surface area contributed by atoms with Crippen LogP contribution >= 0.6 is 11.8 Å². The fraction of sp³-hybridized carbons (Fsp3) is 0.364. The maximum absolute atomic E-state index is 10.7. The highest BCUT2D eigenvalue weighted by Crippen LogP contribution is 2.24. The molecule has 0 bridgehead atoms. The van der Waals surface area contributed by atoms with E-state index >= 15 is 0 Å². The summed E-state index contributed by atoms with van der Waals surface area (Å²) in [6.07, 6.45) is 3.81. The molecule has 3 heteroatoms. The van der Waals surface area contributed by atoms with Crippen molar-refractivity contribution in [3.8, 4) is 5.75 Å². The van der Waals surface area contributed by atoms with Crippen molar-refractivity contribution in [2.24, 2.45) is 0 Å². The molecule has 0 radical (unpaired) electrons. The van der Waals surface area contributed by atoms with Gasteiger partial charge in [0.1, 0.15) is 5.75 Å². The monoisotopic (exact) mass is 210 g/mol. The lowest BCUT2D eigenvalue weighted by Gasteiger charge is -2.07. The highest BCUT2D eigenvalue weighted by Gasteiger charge is 2.02. The van der Waals surface area contributed by atoms with Crippen LogP contribution in [0.3, 0.4) is 0 Å². The van der Waals surface area contributed by atoms with Crippen LogP contribution in [0.2, 0.25) is 0 Å². The molecule has 2 nitrogen and oxygen atoms in total. The molecule has 0 amide bonds. The van der Waals surface area contributed by atoms with Gasteiger partial charge in [-0.15, -0.1) is 11.8 Å². The van der Waals surface area contributed by atoms with E-state index in [4.69, 9.17) is 4.74 Å². The predicted octanol–water partition coefficient (Wildman–Crippen LogP) is 3.01. The summed E-state index contributed by atoms with van der Waals surface area (Å²) in [5.41, 5.74) is 0.723. The Bertz CT molecular complexity index is 310. The number of ether oxygens (including phenoxy) is 1. The number of benzene rings is 1. The van der Waals surface area contributed by atoms with E-state index in [1.165, 1.54) is 0 Å². The van der Waals surface area contributed by atoms with Crippen molar-refractivity contribution in [3.05, 3.63) is 23.8 Å². The summed E-state index contributed by atoms with van der Waals surface area (Å²) >= 11 is 1.56. The molecule has 76 valence electrons. The Morgan fingerprint density at radius 1 is 1.50 bits per heavy atom. The number of thioether (sulfide) groups is 1. The Balaban J connectivity index is 2.84. The summed E-state index contributed by atoms with van der Waals surface area (Å²) in [5, 5.41) is 0. The summed E-state index contributed by atoms with van der Waals surface area (Å²) in [4.78, 5) is 11.6. The number of hydrogen-bond acceptors (Lipinski definition) is 3. The van der Waals surface area contributed by atoms with Gasteiger partial charge in [-0.3, -0.25) is 4.79 Å². The average Bonchev–Trinajstić information content (AvgIpc) is 2.25.